The molecule has 0 aliphatic carbocycles. The summed E-state index contributed by atoms with van der Waals surface area (Å²) in [4.78, 5) is 2.22. The van der Waals surface area contributed by atoms with Gasteiger partial charge in [0.2, 0.25) is 5.88 Å². The zero-order valence-corrected chi connectivity index (χ0v) is 19.5. The Labute approximate surface area is 190 Å². The van der Waals surface area contributed by atoms with E-state index in [1.165, 1.54) is 6.07 Å². The number of para-hydroxylation sites is 2. The number of hydrogen-bond donors (Lipinski definition) is 1. The van der Waals surface area contributed by atoms with Gasteiger partial charge in [0.1, 0.15) is 0 Å². The molecule has 6 heteroatoms. The summed E-state index contributed by atoms with van der Waals surface area (Å²) in [5, 5.41) is 15.3. The van der Waals surface area contributed by atoms with E-state index in [9.17, 15) is 9.50 Å². The predicted octanol–water partition coefficient (Wildman–Crippen LogP) is 5.87. The molecule has 1 N–H and O–H groups in total. The molecule has 1 heterocycles. The van der Waals surface area contributed by atoms with Crippen LogP contribution < -0.4 is 4.74 Å². The quantitative estimate of drug-likeness (QED) is 0.406. The summed E-state index contributed by atoms with van der Waals surface area (Å²) in [6.45, 7) is 9.40. The molecular formula is C26H34FN3O2. The van der Waals surface area contributed by atoms with E-state index < -0.39 is 11.9 Å². The lowest BCUT2D eigenvalue weighted by molar-refractivity contribution is 0.0827. The van der Waals surface area contributed by atoms with Gasteiger partial charge in [-0.25, -0.2) is 9.07 Å². The lowest BCUT2D eigenvalue weighted by Crippen LogP contribution is -2.37. The van der Waals surface area contributed by atoms with Gasteiger partial charge in [-0.2, -0.15) is 5.10 Å². The van der Waals surface area contributed by atoms with Crippen molar-refractivity contribution in [2.75, 3.05) is 6.54 Å². The molecule has 0 aliphatic rings. The van der Waals surface area contributed by atoms with Gasteiger partial charge in [0, 0.05) is 19.1 Å². The van der Waals surface area contributed by atoms with Gasteiger partial charge >= 0.3 is 0 Å². The predicted molar refractivity (Wildman–Crippen MR) is 126 cm³/mol. The Hall–Kier alpha value is -2.70. The number of ether oxygens (including phenoxy) is 1. The first kappa shape index (κ1) is 24.0. The molecule has 0 saturated carbocycles. The van der Waals surface area contributed by atoms with E-state index in [1.807, 2.05) is 37.3 Å². The number of benzene rings is 2. The Morgan fingerprint density at radius 2 is 1.78 bits per heavy atom. The van der Waals surface area contributed by atoms with Gasteiger partial charge in [0.25, 0.3) is 0 Å². The van der Waals surface area contributed by atoms with E-state index in [4.69, 9.17) is 9.84 Å². The maximum Gasteiger partial charge on any atom is 0.227 e. The van der Waals surface area contributed by atoms with Crippen LogP contribution in [0.4, 0.5) is 4.39 Å². The largest absolute Gasteiger partial charge is 0.435 e. The summed E-state index contributed by atoms with van der Waals surface area (Å²) >= 11 is 0. The van der Waals surface area contributed by atoms with Crippen molar-refractivity contribution in [1.82, 2.24) is 14.7 Å². The van der Waals surface area contributed by atoms with Crippen molar-refractivity contribution in [3.63, 3.8) is 0 Å². The van der Waals surface area contributed by atoms with Crippen LogP contribution in [0.1, 0.15) is 51.3 Å². The molecule has 2 aromatic carbocycles. The van der Waals surface area contributed by atoms with E-state index in [1.54, 1.807) is 22.9 Å². The SMILES string of the molecule is CCCCC(O)CN(Cc1c(C)nn(-c2ccccc2)c1Oc1ccccc1F)C(C)C. The first-order chi connectivity index (χ1) is 15.4. The number of unbranched alkanes of at least 4 members (excludes halogenated alkanes) is 1. The van der Waals surface area contributed by atoms with E-state index in [2.05, 4.69) is 25.7 Å². The minimum atomic E-state index is -0.424. The molecule has 1 unspecified atom stereocenters. The van der Waals surface area contributed by atoms with Gasteiger partial charge in [-0.1, -0.05) is 50.1 Å². The first-order valence-electron chi connectivity index (χ1n) is 11.4. The third-order valence-electron chi connectivity index (χ3n) is 5.61. The number of hydrogen-bond acceptors (Lipinski definition) is 4. The van der Waals surface area contributed by atoms with Crippen LogP contribution in [0.15, 0.2) is 54.6 Å². The minimum absolute atomic E-state index is 0.157. The minimum Gasteiger partial charge on any atom is -0.435 e. The number of nitrogens with zero attached hydrogens (tertiary/aromatic N) is 3. The van der Waals surface area contributed by atoms with Crippen molar-refractivity contribution in [1.29, 1.82) is 0 Å². The smallest absolute Gasteiger partial charge is 0.227 e. The molecule has 0 fully saturated rings. The van der Waals surface area contributed by atoms with Crippen LogP contribution in [0.5, 0.6) is 11.6 Å². The number of aliphatic hydroxyl groups excluding tert-OH is 1. The lowest BCUT2D eigenvalue weighted by atomic mass is 10.1. The van der Waals surface area contributed by atoms with Crippen LogP contribution in [0.2, 0.25) is 0 Å². The van der Waals surface area contributed by atoms with Crippen LogP contribution in [0.25, 0.3) is 5.69 Å². The number of aryl methyl sites for hydroxylation is 1. The van der Waals surface area contributed by atoms with E-state index in [0.29, 0.717) is 19.0 Å². The number of halogens is 1. The zero-order valence-electron chi connectivity index (χ0n) is 19.5. The van der Waals surface area contributed by atoms with Gasteiger partial charge in [-0.15, -0.1) is 0 Å². The third kappa shape index (κ3) is 5.96. The van der Waals surface area contributed by atoms with Gasteiger partial charge < -0.3 is 9.84 Å². The Kier molecular flexibility index (Phi) is 8.42. The van der Waals surface area contributed by atoms with Gasteiger partial charge in [0.15, 0.2) is 11.6 Å². The topological polar surface area (TPSA) is 50.5 Å². The Morgan fingerprint density at radius 1 is 1.09 bits per heavy atom. The van der Waals surface area contributed by atoms with Crippen molar-refractivity contribution in [3.05, 3.63) is 71.7 Å². The first-order valence-corrected chi connectivity index (χ1v) is 11.4. The number of aliphatic hydroxyl groups is 1. The average molecular weight is 440 g/mol. The second-order valence-corrected chi connectivity index (χ2v) is 8.47. The summed E-state index contributed by atoms with van der Waals surface area (Å²) in [7, 11) is 0. The standard InChI is InChI=1S/C26H34FN3O2/c1-5-6-14-22(31)17-29(19(2)3)18-23-20(4)28-30(21-12-8-7-9-13-21)26(23)32-25-16-11-10-15-24(25)27/h7-13,15-16,19,22,31H,5-6,14,17-18H2,1-4H3. The highest BCUT2D eigenvalue weighted by atomic mass is 19.1. The average Bonchev–Trinajstić information content (AvgIpc) is 3.09. The van der Waals surface area contributed by atoms with Crippen LogP contribution in [0.3, 0.4) is 0 Å². The van der Waals surface area contributed by atoms with Crippen LogP contribution >= 0.6 is 0 Å². The maximum absolute atomic E-state index is 14.4. The lowest BCUT2D eigenvalue weighted by Gasteiger charge is -2.29. The van der Waals surface area contributed by atoms with Crippen molar-refractivity contribution in [2.24, 2.45) is 0 Å². The molecule has 0 bridgehead atoms. The van der Waals surface area contributed by atoms with Gasteiger partial charge in [0.05, 0.1) is 23.0 Å². The summed E-state index contributed by atoms with van der Waals surface area (Å²) in [5.41, 5.74) is 2.54. The highest BCUT2D eigenvalue weighted by Gasteiger charge is 2.24. The molecule has 1 atom stereocenters. The highest BCUT2D eigenvalue weighted by Crippen LogP contribution is 2.33. The molecule has 5 nitrogen and oxygen atoms in total. The van der Waals surface area contributed by atoms with Gasteiger partial charge in [-0.3, -0.25) is 4.90 Å². The van der Waals surface area contributed by atoms with Crippen LogP contribution in [-0.4, -0.2) is 38.5 Å². The highest BCUT2D eigenvalue weighted by molar-refractivity contribution is 5.43. The van der Waals surface area contributed by atoms with Crippen molar-refractivity contribution in [3.8, 4) is 17.3 Å². The van der Waals surface area contributed by atoms with Crippen molar-refractivity contribution in [2.45, 2.75) is 65.6 Å². The fourth-order valence-electron chi connectivity index (χ4n) is 3.66. The molecule has 0 aliphatic heterocycles. The molecule has 0 radical (unpaired) electrons. The Balaban J connectivity index is 1.98. The number of rotatable bonds is 11. The monoisotopic (exact) mass is 439 g/mol. The summed E-state index contributed by atoms with van der Waals surface area (Å²) in [6, 6.07) is 16.3. The van der Waals surface area contributed by atoms with Crippen LogP contribution in [0, 0.1) is 12.7 Å². The Morgan fingerprint density at radius 3 is 2.44 bits per heavy atom. The van der Waals surface area contributed by atoms with Crippen LogP contribution in [-0.2, 0) is 6.54 Å². The molecule has 3 aromatic rings. The normalized spacial score (nSPS) is 12.5. The van der Waals surface area contributed by atoms with E-state index in [0.717, 1.165) is 36.2 Å². The molecule has 1 aromatic heterocycles. The molecular weight excluding hydrogens is 405 g/mol. The fourth-order valence-corrected chi connectivity index (χ4v) is 3.66. The fraction of sp³-hybridized carbons (Fsp3) is 0.423. The van der Waals surface area contributed by atoms with E-state index in [-0.39, 0.29) is 11.8 Å². The zero-order chi connectivity index (χ0) is 23.1. The van der Waals surface area contributed by atoms with E-state index >= 15 is 0 Å². The molecule has 32 heavy (non-hydrogen) atoms. The Bertz CT molecular complexity index is 988. The summed E-state index contributed by atoms with van der Waals surface area (Å²) < 4.78 is 22.3. The molecule has 0 amide bonds. The van der Waals surface area contributed by atoms with Crippen molar-refractivity contribution < 1.29 is 14.2 Å². The number of aromatic nitrogens is 2. The van der Waals surface area contributed by atoms with Crippen molar-refractivity contribution >= 4 is 0 Å². The maximum atomic E-state index is 14.4. The van der Waals surface area contributed by atoms with Gasteiger partial charge in [-0.05, 0) is 51.5 Å². The molecule has 3 rings (SSSR count). The molecule has 0 spiro atoms. The summed E-state index contributed by atoms with van der Waals surface area (Å²) in [6.07, 6.45) is 2.44. The second kappa shape index (κ2) is 11.2. The molecule has 172 valence electrons. The molecule has 0 saturated heterocycles. The summed E-state index contributed by atoms with van der Waals surface area (Å²) in [5.74, 6) is 0.227. The third-order valence-corrected chi connectivity index (χ3v) is 5.61. The second-order valence-electron chi connectivity index (χ2n) is 8.47.